The lowest BCUT2D eigenvalue weighted by Crippen LogP contribution is -2.33. The number of carbonyl (C=O) groups excluding carboxylic acids is 1. The van der Waals surface area contributed by atoms with Crippen LogP contribution in [0.2, 0.25) is 5.02 Å². The van der Waals surface area contributed by atoms with E-state index in [1.54, 1.807) is 0 Å². The summed E-state index contributed by atoms with van der Waals surface area (Å²) in [5, 5.41) is 2.22. The number of Topliss-reactive ketones (excluding diaryl/α,β-unsaturated/α-hetero) is 1. The topological polar surface area (TPSA) is 29.1 Å². The van der Waals surface area contributed by atoms with Crippen molar-refractivity contribution in [2.24, 2.45) is 0 Å². The number of hydrogen-bond acceptors (Lipinski definition) is 2. The maximum atomic E-state index is 13.2. The van der Waals surface area contributed by atoms with Crippen LogP contribution in [0.25, 0.3) is 0 Å². The zero-order chi connectivity index (χ0) is 13.8. The number of alkyl halides is 3. The van der Waals surface area contributed by atoms with Crippen molar-refractivity contribution in [3.8, 4) is 0 Å². The number of carbonyl (C=O) groups is 1. The molecule has 0 radical (unpaired) electrons. The molecule has 0 aliphatic heterocycles. The standard InChI is InChI=1S/C11H10ClF4NO/c12-8-1-2-10(13)7(3-8)4-9(18)5-17-6-11(14,15)16/h1-3,17H,4-6H2. The van der Waals surface area contributed by atoms with Gasteiger partial charge in [0.2, 0.25) is 0 Å². The van der Waals surface area contributed by atoms with Crippen molar-refractivity contribution < 1.29 is 22.4 Å². The quantitative estimate of drug-likeness (QED) is 0.842. The van der Waals surface area contributed by atoms with Crippen LogP contribution in [0.15, 0.2) is 18.2 Å². The molecular formula is C11H10ClF4NO. The van der Waals surface area contributed by atoms with Crippen molar-refractivity contribution in [2.45, 2.75) is 12.6 Å². The number of halogens is 5. The van der Waals surface area contributed by atoms with Crippen molar-refractivity contribution in [1.29, 1.82) is 0 Å². The van der Waals surface area contributed by atoms with E-state index in [1.807, 2.05) is 5.32 Å². The summed E-state index contributed by atoms with van der Waals surface area (Å²) in [5.74, 6) is -1.15. The fraction of sp³-hybridized carbons (Fsp3) is 0.364. The lowest BCUT2D eigenvalue weighted by molar-refractivity contribution is -0.127. The highest BCUT2D eigenvalue weighted by molar-refractivity contribution is 6.30. The van der Waals surface area contributed by atoms with E-state index in [1.165, 1.54) is 12.1 Å². The van der Waals surface area contributed by atoms with E-state index in [-0.39, 0.29) is 17.0 Å². The molecule has 18 heavy (non-hydrogen) atoms. The zero-order valence-electron chi connectivity index (χ0n) is 9.15. The maximum absolute atomic E-state index is 13.2. The van der Waals surface area contributed by atoms with Gasteiger partial charge in [-0.3, -0.25) is 4.79 Å². The van der Waals surface area contributed by atoms with Gasteiger partial charge < -0.3 is 5.32 Å². The predicted octanol–water partition coefficient (Wildman–Crippen LogP) is 2.74. The number of rotatable bonds is 5. The van der Waals surface area contributed by atoms with E-state index in [2.05, 4.69) is 0 Å². The lowest BCUT2D eigenvalue weighted by atomic mass is 10.1. The monoisotopic (exact) mass is 283 g/mol. The van der Waals surface area contributed by atoms with Crippen molar-refractivity contribution in [2.75, 3.05) is 13.1 Å². The van der Waals surface area contributed by atoms with Crippen molar-refractivity contribution >= 4 is 17.4 Å². The van der Waals surface area contributed by atoms with E-state index in [9.17, 15) is 22.4 Å². The van der Waals surface area contributed by atoms with Gasteiger partial charge in [-0.05, 0) is 23.8 Å². The van der Waals surface area contributed by atoms with Crippen LogP contribution in [-0.4, -0.2) is 25.0 Å². The van der Waals surface area contributed by atoms with Crippen molar-refractivity contribution in [3.63, 3.8) is 0 Å². The largest absolute Gasteiger partial charge is 0.401 e. The summed E-state index contributed by atoms with van der Waals surface area (Å²) in [6.07, 6.45) is -4.67. The molecule has 0 heterocycles. The average Bonchev–Trinajstić information content (AvgIpc) is 2.21. The van der Waals surface area contributed by atoms with Gasteiger partial charge in [0.25, 0.3) is 0 Å². The van der Waals surface area contributed by atoms with Crippen LogP contribution in [-0.2, 0) is 11.2 Å². The molecule has 0 unspecified atom stereocenters. The number of benzene rings is 1. The molecule has 0 aromatic heterocycles. The Morgan fingerprint density at radius 1 is 1.33 bits per heavy atom. The van der Waals surface area contributed by atoms with Gasteiger partial charge in [0.05, 0.1) is 13.1 Å². The minimum Gasteiger partial charge on any atom is -0.302 e. The predicted molar refractivity (Wildman–Crippen MR) is 59.0 cm³/mol. The van der Waals surface area contributed by atoms with E-state index in [0.29, 0.717) is 0 Å². The molecule has 7 heteroatoms. The van der Waals surface area contributed by atoms with Crippen LogP contribution in [0.3, 0.4) is 0 Å². The molecule has 1 N–H and O–H groups in total. The SMILES string of the molecule is O=C(CNCC(F)(F)F)Cc1cc(Cl)ccc1F. The highest BCUT2D eigenvalue weighted by Crippen LogP contribution is 2.15. The fourth-order valence-corrected chi connectivity index (χ4v) is 1.49. The first kappa shape index (κ1) is 14.9. The molecule has 1 aromatic rings. The van der Waals surface area contributed by atoms with Gasteiger partial charge in [-0.1, -0.05) is 11.6 Å². The molecular weight excluding hydrogens is 274 g/mol. The van der Waals surface area contributed by atoms with E-state index >= 15 is 0 Å². The van der Waals surface area contributed by atoms with Crippen molar-refractivity contribution in [3.05, 3.63) is 34.6 Å². The number of hydrogen-bond donors (Lipinski definition) is 1. The first-order valence-electron chi connectivity index (χ1n) is 5.01. The molecule has 0 bridgehead atoms. The Labute approximate surface area is 106 Å². The maximum Gasteiger partial charge on any atom is 0.401 e. The van der Waals surface area contributed by atoms with Crippen LogP contribution >= 0.6 is 11.6 Å². The van der Waals surface area contributed by atoms with E-state index in [4.69, 9.17) is 11.6 Å². The average molecular weight is 284 g/mol. The second kappa shape index (κ2) is 6.15. The third kappa shape index (κ3) is 5.46. The van der Waals surface area contributed by atoms with Crippen LogP contribution in [0.5, 0.6) is 0 Å². The molecule has 2 nitrogen and oxygen atoms in total. The second-order valence-electron chi connectivity index (χ2n) is 3.67. The van der Waals surface area contributed by atoms with Gasteiger partial charge in [-0.25, -0.2) is 4.39 Å². The molecule has 0 fully saturated rings. The molecule has 0 aliphatic rings. The van der Waals surface area contributed by atoms with Gasteiger partial charge in [0.15, 0.2) is 5.78 Å². The smallest absolute Gasteiger partial charge is 0.302 e. The van der Waals surface area contributed by atoms with Gasteiger partial charge in [0.1, 0.15) is 5.82 Å². The summed E-state index contributed by atoms with van der Waals surface area (Å²) in [6, 6.07) is 3.71. The highest BCUT2D eigenvalue weighted by atomic mass is 35.5. The van der Waals surface area contributed by atoms with E-state index < -0.39 is 30.9 Å². The molecule has 1 aromatic carbocycles. The lowest BCUT2D eigenvalue weighted by Gasteiger charge is -2.08. The second-order valence-corrected chi connectivity index (χ2v) is 4.11. The summed E-state index contributed by atoms with van der Waals surface area (Å²) in [7, 11) is 0. The van der Waals surface area contributed by atoms with Gasteiger partial charge in [-0.15, -0.1) is 0 Å². The van der Waals surface area contributed by atoms with Crippen LogP contribution < -0.4 is 5.32 Å². The summed E-state index contributed by atoms with van der Waals surface area (Å²) < 4.78 is 48.6. The highest BCUT2D eigenvalue weighted by Gasteiger charge is 2.26. The summed E-state index contributed by atoms with van der Waals surface area (Å²) >= 11 is 5.62. The van der Waals surface area contributed by atoms with Crippen molar-refractivity contribution in [1.82, 2.24) is 5.32 Å². The Morgan fingerprint density at radius 2 is 2.00 bits per heavy atom. The summed E-state index contributed by atoms with van der Waals surface area (Å²) in [5.41, 5.74) is 0.0707. The Balaban J connectivity index is 2.47. The molecule has 1 rings (SSSR count). The van der Waals surface area contributed by atoms with Crippen LogP contribution in [0, 0.1) is 5.82 Å². The zero-order valence-corrected chi connectivity index (χ0v) is 9.91. The Kier molecular flexibility index (Phi) is 5.10. The van der Waals surface area contributed by atoms with Crippen LogP contribution in [0.1, 0.15) is 5.56 Å². The molecule has 0 spiro atoms. The summed E-state index contributed by atoms with van der Waals surface area (Å²) in [4.78, 5) is 11.3. The van der Waals surface area contributed by atoms with Gasteiger partial charge >= 0.3 is 6.18 Å². The third-order valence-corrected chi connectivity index (χ3v) is 2.28. The molecule has 0 atom stereocenters. The Hall–Kier alpha value is -1.14. The molecule has 0 saturated heterocycles. The number of ketones is 1. The Morgan fingerprint density at radius 3 is 2.61 bits per heavy atom. The first-order chi connectivity index (χ1) is 8.28. The van der Waals surface area contributed by atoms with Gasteiger partial charge in [0, 0.05) is 11.4 Å². The minimum absolute atomic E-state index is 0.0707. The fourth-order valence-electron chi connectivity index (χ4n) is 1.30. The third-order valence-electron chi connectivity index (χ3n) is 2.04. The Bertz CT molecular complexity index is 434. The molecule has 0 aliphatic carbocycles. The normalized spacial score (nSPS) is 11.6. The van der Waals surface area contributed by atoms with Gasteiger partial charge in [-0.2, -0.15) is 13.2 Å². The molecule has 100 valence electrons. The van der Waals surface area contributed by atoms with E-state index in [0.717, 1.165) is 6.07 Å². The van der Waals surface area contributed by atoms with Crippen LogP contribution in [0.4, 0.5) is 17.6 Å². The summed E-state index contributed by atoms with van der Waals surface area (Å²) in [6.45, 7) is -1.72. The molecule has 0 saturated carbocycles. The number of nitrogens with one attached hydrogen (secondary N) is 1. The minimum atomic E-state index is -4.37. The first-order valence-corrected chi connectivity index (χ1v) is 5.39. The molecule has 0 amide bonds.